The largest absolute Gasteiger partial charge is 0.343 e. The zero-order valence-electron chi connectivity index (χ0n) is 20.1. The van der Waals surface area contributed by atoms with Gasteiger partial charge in [-0.2, -0.15) is 0 Å². The lowest BCUT2D eigenvalue weighted by Crippen LogP contribution is -2.55. The van der Waals surface area contributed by atoms with Gasteiger partial charge in [-0.1, -0.05) is 62.9 Å². The summed E-state index contributed by atoms with van der Waals surface area (Å²) < 4.78 is 0. The Morgan fingerprint density at radius 2 is 1.88 bits per heavy atom. The first-order valence-electron chi connectivity index (χ1n) is 12.0. The summed E-state index contributed by atoms with van der Waals surface area (Å²) in [5.41, 5.74) is 1.06. The molecule has 0 aromatic heterocycles. The summed E-state index contributed by atoms with van der Waals surface area (Å²) in [4.78, 5) is 42.6. The standard InChI is InChI=1S/C25H40N4O3/c1-5-6-7-11-15-21(27-23(30)19(2)26-3)24(31)29-17-12-16-22(29)25(32)28(4)18-20-13-9-8-10-14-20/h8-10,13-14,19,21-22,26H,5-7,11-12,15-18H2,1-4H3,(H,27,30)/t19-,21-,22-/m0/s1. The highest BCUT2D eigenvalue weighted by Crippen LogP contribution is 2.22. The predicted octanol–water partition coefficient (Wildman–Crippen LogP) is 2.70. The van der Waals surface area contributed by atoms with Gasteiger partial charge in [0, 0.05) is 20.1 Å². The molecule has 1 saturated heterocycles. The van der Waals surface area contributed by atoms with Crippen LogP contribution >= 0.6 is 0 Å². The molecule has 32 heavy (non-hydrogen) atoms. The van der Waals surface area contributed by atoms with E-state index in [1.807, 2.05) is 30.3 Å². The summed E-state index contributed by atoms with van der Waals surface area (Å²) in [6.45, 7) is 4.98. The minimum atomic E-state index is -0.594. The number of likely N-dealkylation sites (tertiary alicyclic amines) is 1. The number of nitrogens with one attached hydrogen (secondary N) is 2. The second-order valence-electron chi connectivity index (χ2n) is 8.79. The predicted molar refractivity (Wildman–Crippen MR) is 127 cm³/mol. The summed E-state index contributed by atoms with van der Waals surface area (Å²) in [5, 5.41) is 5.85. The van der Waals surface area contributed by atoms with Gasteiger partial charge in [-0.3, -0.25) is 14.4 Å². The van der Waals surface area contributed by atoms with Crippen molar-refractivity contribution in [3.8, 4) is 0 Å². The molecular weight excluding hydrogens is 404 g/mol. The molecule has 1 fully saturated rings. The number of hydrogen-bond acceptors (Lipinski definition) is 4. The molecule has 2 rings (SSSR count). The van der Waals surface area contributed by atoms with Crippen molar-refractivity contribution in [3.05, 3.63) is 35.9 Å². The molecular formula is C25H40N4O3. The highest BCUT2D eigenvalue weighted by atomic mass is 16.2. The van der Waals surface area contributed by atoms with Crippen molar-refractivity contribution in [1.82, 2.24) is 20.4 Å². The van der Waals surface area contributed by atoms with Crippen LogP contribution in [0.2, 0.25) is 0 Å². The number of benzene rings is 1. The zero-order chi connectivity index (χ0) is 23.5. The Kier molecular flexibility index (Phi) is 10.7. The quantitative estimate of drug-likeness (QED) is 0.486. The Morgan fingerprint density at radius 1 is 1.16 bits per heavy atom. The van der Waals surface area contributed by atoms with Gasteiger partial charge in [0.15, 0.2) is 0 Å². The van der Waals surface area contributed by atoms with Crippen LogP contribution in [0.15, 0.2) is 30.3 Å². The van der Waals surface area contributed by atoms with Crippen LogP contribution in [-0.2, 0) is 20.9 Å². The fourth-order valence-electron chi connectivity index (χ4n) is 4.14. The van der Waals surface area contributed by atoms with E-state index in [0.29, 0.717) is 25.9 Å². The summed E-state index contributed by atoms with van der Waals surface area (Å²) in [5.74, 6) is -0.369. The molecule has 0 unspecified atom stereocenters. The van der Waals surface area contributed by atoms with Gasteiger partial charge in [-0.25, -0.2) is 0 Å². The first-order valence-corrected chi connectivity index (χ1v) is 12.0. The van der Waals surface area contributed by atoms with Gasteiger partial charge in [0.1, 0.15) is 12.1 Å². The number of carbonyl (C=O) groups is 3. The van der Waals surface area contributed by atoms with E-state index in [2.05, 4.69) is 17.6 Å². The summed E-state index contributed by atoms with van der Waals surface area (Å²) >= 11 is 0. The number of rotatable bonds is 12. The molecule has 0 saturated carbocycles. The van der Waals surface area contributed by atoms with Crippen molar-refractivity contribution in [2.24, 2.45) is 0 Å². The van der Waals surface area contributed by atoms with Gasteiger partial charge in [0.2, 0.25) is 17.7 Å². The molecule has 1 aromatic carbocycles. The maximum Gasteiger partial charge on any atom is 0.245 e. The summed E-state index contributed by atoms with van der Waals surface area (Å²) in [6, 6.07) is 8.41. The molecule has 0 radical (unpaired) electrons. The lowest BCUT2D eigenvalue weighted by molar-refractivity contribution is -0.145. The number of unbranched alkanes of at least 4 members (excludes halogenated alkanes) is 3. The average Bonchev–Trinajstić information content (AvgIpc) is 3.29. The Labute approximate surface area is 192 Å². The Bertz CT molecular complexity index is 740. The van der Waals surface area contributed by atoms with Crippen molar-refractivity contribution in [1.29, 1.82) is 0 Å². The van der Waals surface area contributed by atoms with Crippen LogP contribution in [-0.4, -0.2) is 66.3 Å². The van der Waals surface area contributed by atoms with E-state index in [4.69, 9.17) is 0 Å². The van der Waals surface area contributed by atoms with Crippen LogP contribution in [0.25, 0.3) is 0 Å². The van der Waals surface area contributed by atoms with Gasteiger partial charge in [-0.05, 0) is 38.8 Å². The number of hydrogen-bond donors (Lipinski definition) is 2. The highest BCUT2D eigenvalue weighted by Gasteiger charge is 2.38. The van der Waals surface area contributed by atoms with Crippen molar-refractivity contribution in [2.45, 2.75) is 83.5 Å². The second kappa shape index (κ2) is 13.2. The van der Waals surface area contributed by atoms with Crippen LogP contribution in [0.4, 0.5) is 0 Å². The maximum absolute atomic E-state index is 13.5. The van der Waals surface area contributed by atoms with Crippen molar-refractivity contribution < 1.29 is 14.4 Å². The van der Waals surface area contributed by atoms with E-state index in [-0.39, 0.29) is 23.8 Å². The van der Waals surface area contributed by atoms with Crippen molar-refractivity contribution in [3.63, 3.8) is 0 Å². The van der Waals surface area contributed by atoms with Crippen LogP contribution < -0.4 is 10.6 Å². The fraction of sp³-hybridized carbons (Fsp3) is 0.640. The maximum atomic E-state index is 13.5. The average molecular weight is 445 g/mol. The first-order chi connectivity index (χ1) is 15.4. The second-order valence-corrected chi connectivity index (χ2v) is 8.79. The van der Waals surface area contributed by atoms with Crippen LogP contribution in [0.1, 0.15) is 64.4 Å². The zero-order valence-corrected chi connectivity index (χ0v) is 20.1. The Morgan fingerprint density at radius 3 is 2.53 bits per heavy atom. The SMILES string of the molecule is CCCCCC[C@H](NC(=O)[C@H](C)NC)C(=O)N1CCC[C@H]1C(=O)N(C)Cc1ccccc1. The number of nitrogens with zero attached hydrogens (tertiary/aromatic N) is 2. The van der Waals surface area contributed by atoms with E-state index in [1.54, 1.807) is 30.8 Å². The number of amides is 3. The molecule has 2 N–H and O–H groups in total. The van der Waals surface area contributed by atoms with Crippen LogP contribution in [0.3, 0.4) is 0 Å². The van der Waals surface area contributed by atoms with Crippen molar-refractivity contribution >= 4 is 17.7 Å². The van der Waals surface area contributed by atoms with Crippen LogP contribution in [0, 0.1) is 0 Å². The highest BCUT2D eigenvalue weighted by molar-refractivity contribution is 5.93. The van der Waals surface area contributed by atoms with Gasteiger partial charge in [0.05, 0.1) is 6.04 Å². The molecule has 3 amide bonds. The Balaban J connectivity index is 2.08. The number of carbonyl (C=O) groups excluding carboxylic acids is 3. The lowest BCUT2D eigenvalue weighted by atomic mass is 10.0. The molecule has 0 spiro atoms. The lowest BCUT2D eigenvalue weighted by Gasteiger charge is -2.31. The van der Waals surface area contributed by atoms with E-state index in [0.717, 1.165) is 37.7 Å². The molecule has 1 aliphatic heterocycles. The summed E-state index contributed by atoms with van der Waals surface area (Å²) in [7, 11) is 3.51. The van der Waals surface area contributed by atoms with Crippen LogP contribution in [0.5, 0.6) is 0 Å². The molecule has 7 heteroatoms. The molecule has 1 heterocycles. The minimum absolute atomic E-state index is 0.0423. The topological polar surface area (TPSA) is 81.8 Å². The molecule has 1 aliphatic rings. The normalized spacial score (nSPS) is 17.6. The molecule has 7 nitrogen and oxygen atoms in total. The van der Waals surface area contributed by atoms with E-state index in [1.165, 1.54) is 0 Å². The monoisotopic (exact) mass is 444 g/mol. The van der Waals surface area contributed by atoms with E-state index in [9.17, 15) is 14.4 Å². The smallest absolute Gasteiger partial charge is 0.245 e. The van der Waals surface area contributed by atoms with E-state index >= 15 is 0 Å². The van der Waals surface area contributed by atoms with Gasteiger partial charge >= 0.3 is 0 Å². The van der Waals surface area contributed by atoms with Gasteiger partial charge in [0.25, 0.3) is 0 Å². The third-order valence-electron chi connectivity index (χ3n) is 6.25. The molecule has 3 atom stereocenters. The fourth-order valence-corrected chi connectivity index (χ4v) is 4.14. The number of likely N-dealkylation sites (N-methyl/N-ethyl adjacent to an activating group) is 2. The van der Waals surface area contributed by atoms with Gasteiger partial charge in [-0.15, -0.1) is 0 Å². The molecule has 178 valence electrons. The van der Waals surface area contributed by atoms with E-state index < -0.39 is 12.1 Å². The first kappa shape index (κ1) is 25.8. The summed E-state index contributed by atoms with van der Waals surface area (Å²) in [6.07, 6.45) is 6.17. The third kappa shape index (κ3) is 7.33. The van der Waals surface area contributed by atoms with Gasteiger partial charge < -0.3 is 20.4 Å². The minimum Gasteiger partial charge on any atom is -0.343 e. The third-order valence-corrected chi connectivity index (χ3v) is 6.25. The van der Waals surface area contributed by atoms with Crippen molar-refractivity contribution in [2.75, 3.05) is 20.6 Å². The molecule has 0 aliphatic carbocycles. The molecule has 1 aromatic rings. The molecule has 0 bridgehead atoms. The Hall–Kier alpha value is -2.41.